The van der Waals surface area contributed by atoms with Gasteiger partial charge < -0.3 is 14.7 Å². The number of hydrogen-bond acceptors (Lipinski definition) is 4. The molecule has 3 N–H and O–H groups in total. The molecule has 4 unspecified atom stereocenters. The molecule has 0 saturated heterocycles. The van der Waals surface area contributed by atoms with E-state index in [1.807, 2.05) is 0 Å². The van der Waals surface area contributed by atoms with E-state index in [-0.39, 0.29) is 23.9 Å². The van der Waals surface area contributed by atoms with Gasteiger partial charge in [-0.05, 0) is 117 Å². The smallest absolute Gasteiger partial charge is 0.302 e. The first-order chi connectivity index (χ1) is 17.9. The Morgan fingerprint density at radius 2 is 1.21 bits per heavy atom. The maximum atomic E-state index is 12.0. The first kappa shape index (κ1) is 36.0. The SMILES string of the molecule is CC(C)=CCC/C(C)=C/CC/C(C)=C/C1C(COP(=O)(O)OP(=O)(O)O)C1(C)CC/C=C(\C)CCC=C(C)C. The van der Waals surface area contributed by atoms with Gasteiger partial charge >= 0.3 is 15.6 Å². The number of allylic oxidation sites excluding steroid dienone is 10. The predicted molar refractivity (Wildman–Crippen MR) is 161 cm³/mol. The minimum Gasteiger partial charge on any atom is -0.302 e. The van der Waals surface area contributed by atoms with Crippen LogP contribution in [-0.4, -0.2) is 21.3 Å². The van der Waals surface area contributed by atoms with Crippen molar-refractivity contribution < 1.29 is 32.6 Å². The van der Waals surface area contributed by atoms with Crippen LogP contribution in [0.2, 0.25) is 0 Å². The molecule has 0 amide bonds. The van der Waals surface area contributed by atoms with Crippen molar-refractivity contribution in [2.75, 3.05) is 6.61 Å². The topological polar surface area (TPSA) is 113 Å². The second-order valence-electron chi connectivity index (χ2n) is 11.8. The van der Waals surface area contributed by atoms with E-state index in [4.69, 9.17) is 14.3 Å². The summed E-state index contributed by atoms with van der Waals surface area (Å²) in [6.45, 7) is 16.9. The standard InChI is InChI=1S/C30H52O7P2/c1-23(2)13-9-15-25(5)17-11-18-27(7)21-28-29(22-36-39(34,35)37-38(31,32)33)30(28,8)20-12-19-26(6)16-10-14-24(3)4/h13-14,17,19,21,28-29H,9-12,15-16,18,20,22H2,1-8H3,(H,34,35)(H2,31,32,33)/b25-17+,26-19+,27-21+. The summed E-state index contributed by atoms with van der Waals surface area (Å²) in [6.07, 6.45) is 19.1. The highest BCUT2D eigenvalue weighted by Gasteiger charge is 2.59. The fourth-order valence-electron chi connectivity index (χ4n) is 4.93. The molecule has 39 heavy (non-hydrogen) atoms. The van der Waals surface area contributed by atoms with Crippen molar-refractivity contribution in [3.05, 3.63) is 58.2 Å². The first-order valence-corrected chi connectivity index (χ1v) is 17.0. The zero-order valence-corrected chi connectivity index (χ0v) is 27.1. The summed E-state index contributed by atoms with van der Waals surface area (Å²) in [6, 6.07) is 0. The van der Waals surface area contributed by atoms with Crippen molar-refractivity contribution in [3.63, 3.8) is 0 Å². The molecule has 0 bridgehead atoms. The highest BCUT2D eigenvalue weighted by Crippen LogP contribution is 2.65. The molecule has 0 radical (unpaired) electrons. The molecule has 0 spiro atoms. The Morgan fingerprint density at radius 1 is 0.744 bits per heavy atom. The molecule has 0 aromatic carbocycles. The van der Waals surface area contributed by atoms with Crippen molar-refractivity contribution in [1.82, 2.24) is 0 Å². The molecule has 9 heteroatoms. The lowest BCUT2D eigenvalue weighted by atomic mass is 9.95. The van der Waals surface area contributed by atoms with Crippen LogP contribution >= 0.6 is 15.6 Å². The predicted octanol–water partition coefficient (Wildman–Crippen LogP) is 9.36. The number of hydrogen-bond donors (Lipinski definition) is 3. The summed E-state index contributed by atoms with van der Waals surface area (Å²) in [4.78, 5) is 27.6. The molecule has 1 aliphatic carbocycles. The zero-order chi connectivity index (χ0) is 29.9. The molecule has 1 saturated carbocycles. The molecule has 0 heterocycles. The van der Waals surface area contributed by atoms with E-state index >= 15 is 0 Å². The van der Waals surface area contributed by atoms with Crippen LogP contribution in [0, 0.1) is 17.3 Å². The van der Waals surface area contributed by atoms with Crippen LogP contribution in [0.25, 0.3) is 0 Å². The Morgan fingerprint density at radius 3 is 1.69 bits per heavy atom. The maximum Gasteiger partial charge on any atom is 0.481 e. The minimum absolute atomic E-state index is 0.0472. The van der Waals surface area contributed by atoms with Crippen molar-refractivity contribution >= 4 is 15.6 Å². The average molecular weight is 587 g/mol. The molecule has 1 fully saturated rings. The zero-order valence-electron chi connectivity index (χ0n) is 25.3. The van der Waals surface area contributed by atoms with Gasteiger partial charge in [-0.2, -0.15) is 4.31 Å². The van der Waals surface area contributed by atoms with Gasteiger partial charge in [-0.1, -0.05) is 65.2 Å². The highest BCUT2D eigenvalue weighted by molar-refractivity contribution is 7.60. The van der Waals surface area contributed by atoms with Gasteiger partial charge in [0.05, 0.1) is 6.61 Å². The van der Waals surface area contributed by atoms with Crippen LogP contribution in [0.4, 0.5) is 0 Å². The minimum atomic E-state index is -5.15. The molecule has 0 aromatic heterocycles. The largest absolute Gasteiger partial charge is 0.481 e. The van der Waals surface area contributed by atoms with Gasteiger partial charge in [0.1, 0.15) is 0 Å². The fraction of sp³-hybridized carbons (Fsp3) is 0.667. The molecule has 0 aromatic rings. The molecule has 1 aliphatic rings. The molecule has 0 aliphatic heterocycles. The second-order valence-corrected chi connectivity index (χ2v) is 14.6. The Bertz CT molecular complexity index is 1040. The van der Waals surface area contributed by atoms with Crippen LogP contribution in [0.1, 0.15) is 107 Å². The van der Waals surface area contributed by atoms with Gasteiger partial charge in [0.2, 0.25) is 0 Å². The van der Waals surface area contributed by atoms with E-state index in [1.54, 1.807) is 0 Å². The summed E-state index contributed by atoms with van der Waals surface area (Å²) in [5.41, 5.74) is 6.50. The molecule has 224 valence electrons. The number of phosphoric ester groups is 1. The third-order valence-corrected chi connectivity index (χ3v) is 9.57. The van der Waals surface area contributed by atoms with Crippen molar-refractivity contribution in [1.29, 1.82) is 0 Å². The van der Waals surface area contributed by atoms with Crippen LogP contribution in [0.5, 0.6) is 0 Å². The molecular formula is C30H52O7P2. The molecular weight excluding hydrogens is 534 g/mol. The molecule has 1 rings (SSSR count). The van der Waals surface area contributed by atoms with Gasteiger partial charge in [0.15, 0.2) is 0 Å². The lowest BCUT2D eigenvalue weighted by Gasteiger charge is -2.14. The summed E-state index contributed by atoms with van der Waals surface area (Å²) >= 11 is 0. The Kier molecular flexibility index (Phi) is 15.1. The van der Waals surface area contributed by atoms with Crippen molar-refractivity contribution in [2.45, 2.75) is 107 Å². The average Bonchev–Trinajstić information content (AvgIpc) is 3.31. The third-order valence-electron chi connectivity index (χ3n) is 7.41. The fourth-order valence-corrected chi connectivity index (χ4v) is 6.54. The van der Waals surface area contributed by atoms with Gasteiger partial charge in [-0.15, -0.1) is 0 Å². The van der Waals surface area contributed by atoms with Crippen molar-refractivity contribution in [2.24, 2.45) is 17.3 Å². The van der Waals surface area contributed by atoms with E-state index in [1.165, 1.54) is 27.9 Å². The van der Waals surface area contributed by atoms with Crippen LogP contribution in [0.3, 0.4) is 0 Å². The normalized spacial score (nSPS) is 23.8. The summed E-state index contributed by atoms with van der Waals surface area (Å²) < 4.78 is 32.1. The molecule has 7 nitrogen and oxygen atoms in total. The maximum absolute atomic E-state index is 12.0. The Labute approximate surface area is 237 Å². The number of phosphoric acid groups is 2. The summed E-state index contributed by atoms with van der Waals surface area (Å²) in [7, 11) is -10.0. The monoisotopic (exact) mass is 586 g/mol. The Balaban J connectivity index is 2.85. The highest BCUT2D eigenvalue weighted by atomic mass is 31.3. The van der Waals surface area contributed by atoms with Crippen LogP contribution in [0.15, 0.2) is 58.2 Å². The summed E-state index contributed by atoms with van der Waals surface area (Å²) in [5.74, 6) is 0.101. The number of rotatable bonds is 18. The van der Waals surface area contributed by atoms with Gasteiger partial charge in [-0.3, -0.25) is 4.52 Å². The van der Waals surface area contributed by atoms with E-state index in [9.17, 15) is 14.0 Å². The van der Waals surface area contributed by atoms with Crippen LogP contribution in [-0.2, 0) is 18.0 Å². The van der Waals surface area contributed by atoms with E-state index < -0.39 is 15.6 Å². The molecule has 4 atom stereocenters. The van der Waals surface area contributed by atoms with Gasteiger partial charge in [0.25, 0.3) is 0 Å². The quantitative estimate of drug-likeness (QED) is 0.108. The van der Waals surface area contributed by atoms with Crippen LogP contribution < -0.4 is 0 Å². The summed E-state index contributed by atoms with van der Waals surface area (Å²) in [5, 5.41) is 0. The van der Waals surface area contributed by atoms with E-state index in [0.717, 1.165) is 51.4 Å². The van der Waals surface area contributed by atoms with E-state index in [0.29, 0.717) is 0 Å². The second kappa shape index (κ2) is 16.4. The van der Waals surface area contributed by atoms with Gasteiger partial charge in [-0.25, -0.2) is 9.13 Å². The lowest BCUT2D eigenvalue weighted by molar-refractivity contribution is 0.166. The van der Waals surface area contributed by atoms with Gasteiger partial charge in [0, 0.05) is 0 Å². The third kappa shape index (κ3) is 15.5. The van der Waals surface area contributed by atoms with E-state index in [2.05, 4.69) is 90.1 Å². The lowest BCUT2D eigenvalue weighted by Crippen LogP contribution is -2.04. The van der Waals surface area contributed by atoms with Crippen molar-refractivity contribution in [3.8, 4) is 0 Å². The Hall–Kier alpha value is -1.04. The first-order valence-electron chi connectivity index (χ1n) is 13.9.